The molecule has 0 fully saturated rings. The first kappa shape index (κ1) is 17.1. The second-order valence-corrected chi connectivity index (χ2v) is 6.61. The third kappa shape index (κ3) is 4.11. The van der Waals surface area contributed by atoms with Crippen molar-refractivity contribution in [3.8, 4) is 22.8 Å². The van der Waals surface area contributed by atoms with Gasteiger partial charge in [-0.1, -0.05) is 70.0 Å². The minimum Gasteiger partial charge on any atom is -0.339 e. The molecule has 2 aromatic carbocycles. The van der Waals surface area contributed by atoms with E-state index in [0.29, 0.717) is 36.3 Å². The summed E-state index contributed by atoms with van der Waals surface area (Å²) in [5.74, 6) is 2.46. The maximum absolute atomic E-state index is 5.35. The maximum atomic E-state index is 5.35. The lowest BCUT2D eigenvalue weighted by atomic mass is 10.1. The molecule has 0 aliphatic rings. The topological polar surface area (TPSA) is 77.8 Å². The van der Waals surface area contributed by atoms with Crippen LogP contribution in [0.25, 0.3) is 22.8 Å². The molecule has 0 saturated carbocycles. The molecule has 27 heavy (non-hydrogen) atoms. The predicted molar refractivity (Wildman–Crippen MR) is 101 cm³/mol. The number of benzene rings is 2. The van der Waals surface area contributed by atoms with E-state index >= 15 is 0 Å². The van der Waals surface area contributed by atoms with Crippen molar-refractivity contribution in [3.63, 3.8) is 0 Å². The fourth-order valence-electron chi connectivity index (χ4n) is 2.74. The van der Waals surface area contributed by atoms with Gasteiger partial charge in [0.1, 0.15) is 0 Å². The Kier molecular flexibility index (Phi) is 4.78. The molecule has 136 valence electrons. The standard InChI is InChI=1S/C21H20N4O2/c1-14-6-10-16(11-7-14)20-22-18(26-24-20)4-3-5-19-23-21(25-27-19)17-12-8-15(2)9-13-17/h6-13H,3-5H2,1-2H3. The molecule has 2 heterocycles. The highest BCUT2D eigenvalue weighted by atomic mass is 16.5. The van der Waals surface area contributed by atoms with E-state index in [-0.39, 0.29) is 0 Å². The lowest BCUT2D eigenvalue weighted by Crippen LogP contribution is -1.91. The average Bonchev–Trinajstić information content (AvgIpc) is 3.33. The van der Waals surface area contributed by atoms with Crippen molar-refractivity contribution in [1.82, 2.24) is 20.3 Å². The summed E-state index contributed by atoms with van der Waals surface area (Å²) in [5, 5.41) is 8.11. The lowest BCUT2D eigenvalue weighted by molar-refractivity contribution is 0.360. The number of aromatic nitrogens is 4. The molecule has 0 aliphatic heterocycles. The Labute approximate surface area is 157 Å². The molecule has 6 nitrogen and oxygen atoms in total. The molecule has 0 N–H and O–H groups in total. The van der Waals surface area contributed by atoms with Crippen LogP contribution in [0.1, 0.15) is 29.3 Å². The van der Waals surface area contributed by atoms with Crippen molar-refractivity contribution >= 4 is 0 Å². The zero-order valence-electron chi connectivity index (χ0n) is 15.3. The van der Waals surface area contributed by atoms with Crippen LogP contribution < -0.4 is 0 Å². The van der Waals surface area contributed by atoms with Gasteiger partial charge in [0.2, 0.25) is 23.4 Å². The Morgan fingerprint density at radius 3 is 1.44 bits per heavy atom. The van der Waals surface area contributed by atoms with Crippen LogP contribution in [-0.2, 0) is 12.8 Å². The maximum Gasteiger partial charge on any atom is 0.226 e. The molecular weight excluding hydrogens is 340 g/mol. The van der Waals surface area contributed by atoms with Gasteiger partial charge in [-0.2, -0.15) is 9.97 Å². The van der Waals surface area contributed by atoms with Crippen molar-refractivity contribution in [3.05, 3.63) is 71.4 Å². The van der Waals surface area contributed by atoms with Crippen LogP contribution in [0.15, 0.2) is 57.6 Å². The smallest absolute Gasteiger partial charge is 0.226 e. The number of rotatable bonds is 6. The van der Waals surface area contributed by atoms with Crippen molar-refractivity contribution in [2.24, 2.45) is 0 Å². The third-order valence-electron chi connectivity index (χ3n) is 4.34. The van der Waals surface area contributed by atoms with Gasteiger partial charge in [-0.05, 0) is 20.3 Å². The van der Waals surface area contributed by atoms with Crippen LogP contribution in [0, 0.1) is 13.8 Å². The second-order valence-electron chi connectivity index (χ2n) is 6.61. The molecule has 0 aliphatic carbocycles. The first-order chi connectivity index (χ1) is 13.2. The highest BCUT2D eigenvalue weighted by molar-refractivity contribution is 5.55. The Morgan fingerprint density at radius 2 is 1.04 bits per heavy atom. The molecule has 0 saturated heterocycles. The van der Waals surface area contributed by atoms with E-state index in [2.05, 4.69) is 20.3 Å². The van der Waals surface area contributed by atoms with Crippen LogP contribution in [0.5, 0.6) is 0 Å². The highest BCUT2D eigenvalue weighted by Crippen LogP contribution is 2.19. The van der Waals surface area contributed by atoms with Gasteiger partial charge in [-0.25, -0.2) is 0 Å². The van der Waals surface area contributed by atoms with E-state index in [1.807, 2.05) is 62.4 Å². The van der Waals surface area contributed by atoms with Gasteiger partial charge in [-0.15, -0.1) is 0 Å². The number of hydrogen-bond acceptors (Lipinski definition) is 6. The van der Waals surface area contributed by atoms with E-state index in [9.17, 15) is 0 Å². The molecule has 6 heteroatoms. The normalized spacial score (nSPS) is 11.0. The Morgan fingerprint density at radius 1 is 0.630 bits per heavy atom. The summed E-state index contributed by atoms with van der Waals surface area (Å²) in [6.07, 6.45) is 2.13. The van der Waals surface area contributed by atoms with E-state index in [1.165, 1.54) is 11.1 Å². The fourth-order valence-corrected chi connectivity index (χ4v) is 2.74. The summed E-state index contributed by atoms with van der Waals surface area (Å²) >= 11 is 0. The number of nitrogens with zero attached hydrogens (tertiary/aromatic N) is 4. The van der Waals surface area contributed by atoms with Gasteiger partial charge >= 0.3 is 0 Å². The zero-order valence-corrected chi connectivity index (χ0v) is 15.3. The summed E-state index contributed by atoms with van der Waals surface area (Å²) in [6, 6.07) is 16.1. The van der Waals surface area contributed by atoms with Crippen LogP contribution >= 0.6 is 0 Å². The number of aryl methyl sites for hydroxylation is 4. The van der Waals surface area contributed by atoms with Gasteiger partial charge in [0.25, 0.3) is 0 Å². The van der Waals surface area contributed by atoms with Crippen molar-refractivity contribution in [2.75, 3.05) is 0 Å². The summed E-state index contributed by atoms with van der Waals surface area (Å²) in [7, 11) is 0. The van der Waals surface area contributed by atoms with Gasteiger partial charge in [0.15, 0.2) is 0 Å². The summed E-state index contributed by atoms with van der Waals surface area (Å²) in [6.45, 7) is 4.10. The molecular formula is C21H20N4O2. The fraction of sp³-hybridized carbons (Fsp3) is 0.238. The summed E-state index contributed by atoms with van der Waals surface area (Å²) in [4.78, 5) is 8.92. The van der Waals surface area contributed by atoms with Crippen molar-refractivity contribution in [2.45, 2.75) is 33.1 Å². The van der Waals surface area contributed by atoms with E-state index in [0.717, 1.165) is 17.5 Å². The zero-order chi connectivity index (χ0) is 18.6. The molecule has 0 radical (unpaired) electrons. The monoisotopic (exact) mass is 360 g/mol. The first-order valence-corrected chi connectivity index (χ1v) is 8.96. The first-order valence-electron chi connectivity index (χ1n) is 8.96. The van der Waals surface area contributed by atoms with E-state index in [1.54, 1.807) is 0 Å². The van der Waals surface area contributed by atoms with Crippen LogP contribution in [0.2, 0.25) is 0 Å². The quantitative estimate of drug-likeness (QED) is 0.501. The molecule has 4 aromatic rings. The molecule has 0 amide bonds. The van der Waals surface area contributed by atoms with Crippen LogP contribution in [-0.4, -0.2) is 20.3 Å². The Hall–Kier alpha value is -3.28. The van der Waals surface area contributed by atoms with Crippen LogP contribution in [0.4, 0.5) is 0 Å². The summed E-state index contributed by atoms with van der Waals surface area (Å²) in [5.41, 5.74) is 4.31. The molecule has 4 rings (SSSR count). The van der Waals surface area contributed by atoms with Gasteiger partial charge in [0, 0.05) is 24.0 Å². The Bertz CT molecular complexity index is 933. The molecule has 0 bridgehead atoms. The van der Waals surface area contributed by atoms with E-state index in [4.69, 9.17) is 9.05 Å². The van der Waals surface area contributed by atoms with E-state index < -0.39 is 0 Å². The highest BCUT2D eigenvalue weighted by Gasteiger charge is 2.11. The third-order valence-corrected chi connectivity index (χ3v) is 4.34. The van der Waals surface area contributed by atoms with Crippen LogP contribution in [0.3, 0.4) is 0 Å². The summed E-state index contributed by atoms with van der Waals surface area (Å²) < 4.78 is 10.7. The van der Waals surface area contributed by atoms with Gasteiger partial charge in [0.05, 0.1) is 0 Å². The van der Waals surface area contributed by atoms with Gasteiger partial charge in [-0.3, -0.25) is 0 Å². The average molecular weight is 360 g/mol. The van der Waals surface area contributed by atoms with Crippen molar-refractivity contribution in [1.29, 1.82) is 0 Å². The SMILES string of the molecule is Cc1ccc(-c2noc(CCCc3nc(-c4ccc(C)cc4)no3)n2)cc1. The second kappa shape index (κ2) is 7.53. The molecule has 0 unspecified atom stereocenters. The predicted octanol–water partition coefficient (Wildman–Crippen LogP) is 4.58. The lowest BCUT2D eigenvalue weighted by Gasteiger charge is -1.95. The molecule has 2 aromatic heterocycles. The number of hydrogen-bond donors (Lipinski definition) is 0. The minimum absolute atomic E-state index is 0.615. The largest absolute Gasteiger partial charge is 0.339 e. The molecule has 0 spiro atoms. The minimum atomic E-state index is 0.615. The van der Waals surface area contributed by atoms with Crippen molar-refractivity contribution < 1.29 is 9.05 Å². The van der Waals surface area contributed by atoms with Gasteiger partial charge < -0.3 is 9.05 Å². The Balaban J connectivity index is 1.34. The molecule has 0 atom stereocenters.